The third kappa shape index (κ3) is 2.67. The summed E-state index contributed by atoms with van der Waals surface area (Å²) in [6.45, 7) is 0.379. The number of aromatic nitrogens is 3. The minimum atomic E-state index is -0.525. The van der Waals surface area contributed by atoms with E-state index in [-0.39, 0.29) is 23.9 Å². The summed E-state index contributed by atoms with van der Waals surface area (Å²) < 4.78 is 15.4. The molecule has 0 saturated carbocycles. The molecule has 2 heterocycles. The quantitative estimate of drug-likeness (QED) is 0.910. The van der Waals surface area contributed by atoms with Gasteiger partial charge in [-0.05, 0) is 18.2 Å². The first-order valence-corrected chi connectivity index (χ1v) is 6.74. The van der Waals surface area contributed by atoms with Crippen LogP contribution in [0.15, 0.2) is 30.9 Å². The van der Waals surface area contributed by atoms with Crippen LogP contribution in [-0.2, 0) is 9.59 Å². The predicted octanol–water partition coefficient (Wildman–Crippen LogP) is 0.823. The second-order valence-electron chi connectivity index (χ2n) is 5.17. The number of anilines is 1. The van der Waals surface area contributed by atoms with Crippen LogP contribution in [0.1, 0.15) is 6.42 Å². The standard InChI is InChI=1S/C14H14FN5O2/c1-19-6-9(4-13(19)21)14(22)18-10-2-3-12(11(15)5-10)20-8-16-7-17-20/h2-3,5,7-9H,4,6H2,1H3,(H,18,22)/t9-/m1/s1. The maximum Gasteiger partial charge on any atom is 0.229 e. The number of nitrogens with one attached hydrogen (secondary N) is 1. The molecule has 0 radical (unpaired) electrons. The van der Waals surface area contributed by atoms with E-state index >= 15 is 0 Å². The van der Waals surface area contributed by atoms with E-state index in [0.29, 0.717) is 12.2 Å². The van der Waals surface area contributed by atoms with Gasteiger partial charge in [-0.3, -0.25) is 9.59 Å². The van der Waals surface area contributed by atoms with Gasteiger partial charge in [0.25, 0.3) is 0 Å². The number of halogens is 1. The minimum absolute atomic E-state index is 0.0622. The van der Waals surface area contributed by atoms with Crippen LogP contribution in [0.4, 0.5) is 10.1 Å². The lowest BCUT2D eigenvalue weighted by molar-refractivity contribution is -0.127. The molecule has 0 aliphatic carbocycles. The average molecular weight is 303 g/mol. The molecular formula is C14H14FN5O2. The molecule has 7 nitrogen and oxygen atoms in total. The molecule has 1 saturated heterocycles. The van der Waals surface area contributed by atoms with Crippen LogP contribution in [0.5, 0.6) is 0 Å². The predicted molar refractivity (Wildman–Crippen MR) is 75.7 cm³/mol. The van der Waals surface area contributed by atoms with Gasteiger partial charge in [-0.2, -0.15) is 5.10 Å². The maximum atomic E-state index is 14.1. The fraction of sp³-hybridized carbons (Fsp3) is 0.286. The molecule has 8 heteroatoms. The van der Waals surface area contributed by atoms with Crippen LogP contribution in [-0.4, -0.2) is 45.1 Å². The molecule has 0 bridgehead atoms. The van der Waals surface area contributed by atoms with Crippen molar-refractivity contribution in [2.75, 3.05) is 18.9 Å². The van der Waals surface area contributed by atoms with Gasteiger partial charge in [0.2, 0.25) is 11.8 Å². The molecule has 1 fully saturated rings. The molecule has 3 rings (SSSR count). The number of hydrogen-bond acceptors (Lipinski definition) is 4. The molecule has 1 aliphatic rings. The molecule has 1 aromatic carbocycles. The minimum Gasteiger partial charge on any atom is -0.345 e. The van der Waals surface area contributed by atoms with E-state index in [9.17, 15) is 14.0 Å². The molecule has 1 atom stereocenters. The Morgan fingerprint density at radius 1 is 1.45 bits per heavy atom. The summed E-state index contributed by atoms with van der Waals surface area (Å²) in [5.74, 6) is -1.28. The van der Waals surface area contributed by atoms with Crippen molar-refractivity contribution >= 4 is 17.5 Å². The highest BCUT2D eigenvalue weighted by Gasteiger charge is 2.32. The van der Waals surface area contributed by atoms with E-state index in [1.165, 1.54) is 34.4 Å². The zero-order valence-corrected chi connectivity index (χ0v) is 11.9. The fourth-order valence-corrected chi connectivity index (χ4v) is 2.39. The summed E-state index contributed by atoms with van der Waals surface area (Å²) in [7, 11) is 1.65. The zero-order chi connectivity index (χ0) is 15.7. The number of hydrogen-bond donors (Lipinski definition) is 1. The first-order chi connectivity index (χ1) is 10.5. The molecular weight excluding hydrogens is 289 g/mol. The molecule has 114 valence electrons. The van der Waals surface area contributed by atoms with Crippen LogP contribution in [0, 0.1) is 11.7 Å². The van der Waals surface area contributed by atoms with Gasteiger partial charge in [-0.15, -0.1) is 0 Å². The number of carbonyl (C=O) groups excluding carboxylic acids is 2. The average Bonchev–Trinajstić information content (AvgIpc) is 3.10. The Morgan fingerprint density at radius 2 is 2.27 bits per heavy atom. The monoisotopic (exact) mass is 303 g/mol. The highest BCUT2D eigenvalue weighted by atomic mass is 19.1. The van der Waals surface area contributed by atoms with Gasteiger partial charge in [-0.25, -0.2) is 14.1 Å². The number of amides is 2. The summed E-state index contributed by atoms with van der Waals surface area (Å²) in [6.07, 6.45) is 2.88. The largest absolute Gasteiger partial charge is 0.345 e. The first-order valence-electron chi connectivity index (χ1n) is 6.74. The molecule has 2 aromatic rings. The van der Waals surface area contributed by atoms with E-state index in [0.717, 1.165) is 0 Å². The Labute approximate surface area is 125 Å². The Balaban J connectivity index is 1.72. The molecule has 2 amide bonds. The van der Waals surface area contributed by atoms with Crippen LogP contribution < -0.4 is 5.32 Å². The van der Waals surface area contributed by atoms with E-state index in [1.807, 2.05) is 0 Å². The summed E-state index contributed by atoms with van der Waals surface area (Å²) in [4.78, 5) is 28.8. The third-order valence-electron chi connectivity index (χ3n) is 3.59. The van der Waals surface area contributed by atoms with E-state index < -0.39 is 11.7 Å². The smallest absolute Gasteiger partial charge is 0.229 e. The third-order valence-corrected chi connectivity index (χ3v) is 3.59. The van der Waals surface area contributed by atoms with Crippen molar-refractivity contribution in [1.82, 2.24) is 19.7 Å². The number of benzene rings is 1. The Hall–Kier alpha value is -2.77. The van der Waals surface area contributed by atoms with Crippen molar-refractivity contribution in [2.45, 2.75) is 6.42 Å². The van der Waals surface area contributed by atoms with Gasteiger partial charge in [0.1, 0.15) is 18.3 Å². The molecule has 22 heavy (non-hydrogen) atoms. The maximum absolute atomic E-state index is 14.1. The summed E-state index contributed by atoms with van der Waals surface area (Å²) >= 11 is 0. The highest BCUT2D eigenvalue weighted by molar-refractivity contribution is 5.97. The fourth-order valence-electron chi connectivity index (χ4n) is 2.39. The van der Waals surface area contributed by atoms with E-state index in [4.69, 9.17) is 0 Å². The van der Waals surface area contributed by atoms with Crippen molar-refractivity contribution in [2.24, 2.45) is 5.92 Å². The van der Waals surface area contributed by atoms with Crippen LogP contribution in [0.3, 0.4) is 0 Å². The summed E-state index contributed by atoms with van der Waals surface area (Å²) in [6, 6.07) is 4.30. The summed E-state index contributed by atoms with van der Waals surface area (Å²) in [5.41, 5.74) is 0.583. The van der Waals surface area contributed by atoms with Gasteiger partial charge >= 0.3 is 0 Å². The van der Waals surface area contributed by atoms with Gasteiger partial charge in [-0.1, -0.05) is 0 Å². The lowest BCUT2D eigenvalue weighted by Gasteiger charge is -2.12. The van der Waals surface area contributed by atoms with Gasteiger partial charge in [0.15, 0.2) is 5.82 Å². The van der Waals surface area contributed by atoms with Crippen LogP contribution >= 0.6 is 0 Å². The topological polar surface area (TPSA) is 80.1 Å². The first kappa shape index (κ1) is 14.2. The second-order valence-corrected chi connectivity index (χ2v) is 5.17. The van der Waals surface area contributed by atoms with Crippen LogP contribution in [0.2, 0.25) is 0 Å². The number of nitrogens with zero attached hydrogens (tertiary/aromatic N) is 4. The molecule has 0 spiro atoms. The Bertz CT molecular complexity index is 716. The van der Waals surface area contributed by atoms with Crippen molar-refractivity contribution in [1.29, 1.82) is 0 Å². The molecule has 1 aliphatic heterocycles. The lowest BCUT2D eigenvalue weighted by Crippen LogP contribution is -2.25. The summed E-state index contributed by atoms with van der Waals surface area (Å²) in [5, 5.41) is 6.49. The Kier molecular flexibility index (Phi) is 3.58. The normalized spacial score (nSPS) is 17.8. The SMILES string of the molecule is CN1C[C@H](C(=O)Nc2ccc(-n3cncn3)c(F)c2)CC1=O. The van der Waals surface area contributed by atoms with Gasteiger partial charge < -0.3 is 10.2 Å². The molecule has 1 N–H and O–H groups in total. The van der Waals surface area contributed by atoms with E-state index in [1.54, 1.807) is 13.1 Å². The van der Waals surface area contributed by atoms with Gasteiger partial charge in [0.05, 0.1) is 5.92 Å². The zero-order valence-electron chi connectivity index (χ0n) is 11.9. The highest BCUT2D eigenvalue weighted by Crippen LogP contribution is 2.21. The van der Waals surface area contributed by atoms with Crippen molar-refractivity contribution in [3.8, 4) is 5.69 Å². The van der Waals surface area contributed by atoms with Crippen molar-refractivity contribution < 1.29 is 14.0 Å². The van der Waals surface area contributed by atoms with E-state index in [2.05, 4.69) is 15.4 Å². The molecule has 1 aromatic heterocycles. The Morgan fingerprint density at radius 3 is 2.86 bits per heavy atom. The number of carbonyl (C=O) groups is 2. The van der Waals surface area contributed by atoms with Crippen LogP contribution in [0.25, 0.3) is 5.69 Å². The number of rotatable bonds is 3. The van der Waals surface area contributed by atoms with Crippen molar-refractivity contribution in [3.05, 3.63) is 36.7 Å². The van der Waals surface area contributed by atoms with Crippen molar-refractivity contribution in [3.63, 3.8) is 0 Å². The molecule has 0 unspecified atom stereocenters. The second kappa shape index (κ2) is 5.55. The number of likely N-dealkylation sites (tertiary alicyclic amines) is 1. The lowest BCUT2D eigenvalue weighted by atomic mass is 10.1. The van der Waals surface area contributed by atoms with Gasteiger partial charge in [0, 0.05) is 25.7 Å².